The molecule has 0 aliphatic rings. The Bertz CT molecular complexity index is 1170. The average Bonchev–Trinajstić information content (AvgIpc) is 2.96. The van der Waals surface area contributed by atoms with Crippen molar-refractivity contribution in [2.75, 3.05) is 13.2 Å². The van der Waals surface area contributed by atoms with Gasteiger partial charge in [-0.15, -0.1) is 0 Å². The van der Waals surface area contributed by atoms with Gasteiger partial charge in [-0.2, -0.15) is 13.2 Å². The molecule has 0 bridgehead atoms. The van der Waals surface area contributed by atoms with Crippen molar-refractivity contribution in [2.45, 2.75) is 91.4 Å². The van der Waals surface area contributed by atoms with Crippen molar-refractivity contribution < 1.29 is 32.3 Å². The molecule has 0 aliphatic carbocycles. The lowest BCUT2D eigenvalue weighted by molar-refractivity contribution is -0.137. The zero-order valence-corrected chi connectivity index (χ0v) is 25.9. The molecule has 0 unspecified atom stereocenters. The summed E-state index contributed by atoms with van der Waals surface area (Å²) in [6.07, 6.45) is -0.757. The summed E-state index contributed by atoms with van der Waals surface area (Å²) >= 11 is 0. The third-order valence-corrected chi connectivity index (χ3v) is 7.08. The van der Waals surface area contributed by atoms with Crippen LogP contribution in [0.2, 0.25) is 0 Å². The molecule has 7 nitrogen and oxygen atoms in total. The maximum Gasteiger partial charge on any atom is 0.416 e. The summed E-state index contributed by atoms with van der Waals surface area (Å²) in [6, 6.07) is 10.9. The number of para-hydroxylation sites is 1. The van der Waals surface area contributed by atoms with Gasteiger partial charge in [0.25, 0.3) is 0 Å². The molecular weight excluding hydrogens is 559 g/mol. The second-order valence-corrected chi connectivity index (χ2v) is 11.2. The Balaban J connectivity index is 1.92. The number of halogens is 3. The average molecular weight is 606 g/mol. The first-order chi connectivity index (χ1) is 20.4. The number of hydrogen-bond acceptors (Lipinski definition) is 4. The Labute approximate surface area is 253 Å². The summed E-state index contributed by atoms with van der Waals surface area (Å²) in [4.78, 5) is 39.2. The lowest BCUT2D eigenvalue weighted by atomic mass is 9.97. The standard InChI is InChI=1S/C33H46F3N3O4/c1-6-11-27(31(41)37-19-10-13-25-12-8-9-14-28(25)43-20-7-2)38-32(42)29(22(3)4)39-30(40)23(5)21-24-15-17-26(18-16-24)33(34,35)36/h8-9,12,14-18,22-23,27,29H,6-7,10-11,13,19-21H2,1-5H3,(H,37,41)(H,38,42)(H,39,40)/t23-,27+,29-/m1/s1. The fourth-order valence-electron chi connectivity index (χ4n) is 4.60. The first-order valence-corrected chi connectivity index (χ1v) is 15.1. The smallest absolute Gasteiger partial charge is 0.416 e. The van der Waals surface area contributed by atoms with Gasteiger partial charge < -0.3 is 20.7 Å². The number of hydrogen-bond donors (Lipinski definition) is 3. The number of benzene rings is 2. The van der Waals surface area contributed by atoms with Crippen molar-refractivity contribution in [1.29, 1.82) is 0 Å². The molecule has 2 aromatic rings. The van der Waals surface area contributed by atoms with Crippen LogP contribution in [0, 0.1) is 11.8 Å². The van der Waals surface area contributed by atoms with E-state index in [0.29, 0.717) is 38.0 Å². The van der Waals surface area contributed by atoms with Gasteiger partial charge in [0.05, 0.1) is 12.2 Å². The predicted molar refractivity (Wildman–Crippen MR) is 161 cm³/mol. The molecule has 0 fully saturated rings. The quantitative estimate of drug-likeness (QED) is 0.197. The summed E-state index contributed by atoms with van der Waals surface area (Å²) in [6.45, 7) is 10.3. The highest BCUT2D eigenvalue weighted by molar-refractivity contribution is 5.92. The van der Waals surface area contributed by atoms with Gasteiger partial charge in [0, 0.05) is 12.5 Å². The number of aryl methyl sites for hydroxylation is 1. The Kier molecular flexibility index (Phi) is 14.5. The molecule has 0 saturated heterocycles. The van der Waals surface area contributed by atoms with Gasteiger partial charge in [-0.3, -0.25) is 14.4 Å². The molecule has 2 rings (SSSR count). The minimum Gasteiger partial charge on any atom is -0.493 e. The summed E-state index contributed by atoms with van der Waals surface area (Å²) in [5, 5.41) is 8.51. The molecule has 0 radical (unpaired) electrons. The fourth-order valence-corrected chi connectivity index (χ4v) is 4.60. The molecule has 3 N–H and O–H groups in total. The van der Waals surface area contributed by atoms with Crippen LogP contribution in [0.5, 0.6) is 5.75 Å². The molecule has 238 valence electrons. The largest absolute Gasteiger partial charge is 0.493 e. The Morgan fingerprint density at radius 1 is 0.860 bits per heavy atom. The maximum absolute atomic E-state index is 13.2. The number of carbonyl (C=O) groups excluding carboxylic acids is 3. The number of rotatable bonds is 17. The SMILES string of the molecule is CCCOc1ccccc1CCCNC(=O)[C@H](CCC)NC(=O)[C@H](NC(=O)[C@H](C)Cc1ccc(C(F)(F)F)cc1)C(C)C. The third-order valence-electron chi connectivity index (χ3n) is 7.08. The highest BCUT2D eigenvalue weighted by Gasteiger charge is 2.31. The zero-order chi connectivity index (χ0) is 32.0. The van der Waals surface area contributed by atoms with E-state index in [4.69, 9.17) is 4.74 Å². The van der Waals surface area contributed by atoms with Gasteiger partial charge in [-0.1, -0.05) is 71.4 Å². The Hall–Kier alpha value is -3.56. The molecule has 0 heterocycles. The Morgan fingerprint density at radius 3 is 2.14 bits per heavy atom. The van der Waals surface area contributed by atoms with Crippen molar-refractivity contribution in [3.05, 3.63) is 65.2 Å². The van der Waals surface area contributed by atoms with E-state index in [1.165, 1.54) is 12.1 Å². The third kappa shape index (κ3) is 11.9. The molecule has 0 aliphatic heterocycles. The van der Waals surface area contributed by atoms with Crippen LogP contribution in [0.3, 0.4) is 0 Å². The first kappa shape index (κ1) is 35.6. The van der Waals surface area contributed by atoms with Gasteiger partial charge in [-0.25, -0.2) is 0 Å². The van der Waals surface area contributed by atoms with Crippen LogP contribution in [-0.4, -0.2) is 43.0 Å². The zero-order valence-electron chi connectivity index (χ0n) is 25.9. The molecular formula is C33H46F3N3O4. The number of amides is 3. The monoisotopic (exact) mass is 605 g/mol. The van der Waals surface area contributed by atoms with Crippen LogP contribution < -0.4 is 20.7 Å². The molecule has 0 spiro atoms. The highest BCUT2D eigenvalue weighted by atomic mass is 19.4. The lowest BCUT2D eigenvalue weighted by Crippen LogP contribution is -2.56. The molecule has 43 heavy (non-hydrogen) atoms. The van der Waals surface area contributed by atoms with Crippen LogP contribution in [0.4, 0.5) is 13.2 Å². The normalized spacial score (nSPS) is 13.6. The van der Waals surface area contributed by atoms with Gasteiger partial charge in [-0.05, 0) is 67.3 Å². The molecule has 2 aromatic carbocycles. The number of alkyl halides is 3. The van der Waals surface area contributed by atoms with E-state index in [-0.39, 0.29) is 18.2 Å². The van der Waals surface area contributed by atoms with Crippen LogP contribution in [0.1, 0.15) is 77.0 Å². The summed E-state index contributed by atoms with van der Waals surface area (Å²) in [7, 11) is 0. The second-order valence-electron chi connectivity index (χ2n) is 11.2. The van der Waals surface area contributed by atoms with E-state index < -0.39 is 41.6 Å². The van der Waals surface area contributed by atoms with Crippen LogP contribution in [-0.2, 0) is 33.4 Å². The fraction of sp³-hybridized carbons (Fsp3) is 0.545. The van der Waals surface area contributed by atoms with E-state index in [0.717, 1.165) is 36.3 Å². The molecule has 10 heteroatoms. The van der Waals surface area contributed by atoms with Crippen LogP contribution in [0.25, 0.3) is 0 Å². The highest BCUT2D eigenvalue weighted by Crippen LogP contribution is 2.29. The summed E-state index contributed by atoms with van der Waals surface area (Å²) < 4.78 is 44.4. The van der Waals surface area contributed by atoms with Crippen molar-refractivity contribution in [3.63, 3.8) is 0 Å². The van der Waals surface area contributed by atoms with E-state index in [9.17, 15) is 27.6 Å². The minimum atomic E-state index is -4.43. The van der Waals surface area contributed by atoms with Gasteiger partial charge in [0.15, 0.2) is 0 Å². The molecule has 0 aromatic heterocycles. The first-order valence-electron chi connectivity index (χ1n) is 15.1. The number of carbonyl (C=O) groups is 3. The maximum atomic E-state index is 13.2. The van der Waals surface area contributed by atoms with Crippen molar-refractivity contribution in [2.24, 2.45) is 11.8 Å². The van der Waals surface area contributed by atoms with E-state index in [1.54, 1.807) is 20.8 Å². The number of nitrogens with one attached hydrogen (secondary N) is 3. The predicted octanol–water partition coefficient (Wildman–Crippen LogP) is 5.85. The molecule has 3 atom stereocenters. The lowest BCUT2D eigenvalue weighted by Gasteiger charge is -2.26. The summed E-state index contributed by atoms with van der Waals surface area (Å²) in [5.41, 5.74) is 0.905. The van der Waals surface area contributed by atoms with Gasteiger partial charge >= 0.3 is 6.18 Å². The van der Waals surface area contributed by atoms with Crippen LogP contribution in [0.15, 0.2) is 48.5 Å². The van der Waals surface area contributed by atoms with Crippen molar-refractivity contribution >= 4 is 17.7 Å². The topological polar surface area (TPSA) is 96.5 Å². The molecule has 0 saturated carbocycles. The van der Waals surface area contributed by atoms with Gasteiger partial charge in [0.1, 0.15) is 17.8 Å². The van der Waals surface area contributed by atoms with Gasteiger partial charge in [0.2, 0.25) is 17.7 Å². The number of ether oxygens (including phenoxy) is 1. The van der Waals surface area contributed by atoms with Crippen molar-refractivity contribution in [1.82, 2.24) is 16.0 Å². The molecule has 3 amide bonds. The van der Waals surface area contributed by atoms with Crippen LogP contribution >= 0.6 is 0 Å². The van der Waals surface area contributed by atoms with Crippen molar-refractivity contribution in [3.8, 4) is 5.75 Å². The summed E-state index contributed by atoms with van der Waals surface area (Å²) in [5.74, 6) is -1.13. The second kappa shape index (κ2) is 17.5. The van der Waals surface area contributed by atoms with E-state index in [2.05, 4.69) is 22.9 Å². The van der Waals surface area contributed by atoms with E-state index in [1.807, 2.05) is 31.2 Å². The minimum absolute atomic E-state index is 0.215. The Morgan fingerprint density at radius 2 is 1.53 bits per heavy atom. The van der Waals surface area contributed by atoms with E-state index >= 15 is 0 Å².